The minimum atomic E-state index is -0.825. The molecule has 6 aromatic rings. The molecule has 0 unspecified atom stereocenters. The third-order valence-electron chi connectivity index (χ3n) is 6.79. The molecule has 0 saturated heterocycles. The molecule has 8 N–H and O–H groups in total. The maximum atomic E-state index is 12.3. The second-order valence-electron chi connectivity index (χ2n) is 9.66. The van der Waals surface area contributed by atoms with Gasteiger partial charge >= 0.3 is 0 Å². The highest BCUT2D eigenvalue weighted by Gasteiger charge is 2.21. The Balaban J connectivity index is 0.000000181. The van der Waals surface area contributed by atoms with E-state index in [1.165, 1.54) is 62.8 Å². The summed E-state index contributed by atoms with van der Waals surface area (Å²) in [6, 6.07) is 12.6. The Morgan fingerprint density at radius 3 is 1.17 bits per heavy atom. The number of fused-ring (bicyclic) bond motifs is 2. The zero-order chi connectivity index (χ0) is 33.4. The molecule has 0 aliphatic heterocycles. The molecule has 2 heterocycles. The quantitative estimate of drug-likeness (QED) is 0.124. The molecule has 0 fully saturated rings. The summed E-state index contributed by atoms with van der Waals surface area (Å²) in [5.41, 5.74) is -1.28. The highest BCUT2D eigenvalue weighted by atomic mass is 16.5. The van der Waals surface area contributed by atoms with E-state index < -0.39 is 33.9 Å². The molecule has 0 aliphatic rings. The van der Waals surface area contributed by atoms with E-state index in [1.807, 2.05) is 0 Å². The van der Waals surface area contributed by atoms with Crippen LogP contribution in [0.1, 0.15) is 0 Å². The van der Waals surface area contributed by atoms with Gasteiger partial charge in [0.15, 0.2) is 34.5 Å². The third kappa shape index (κ3) is 5.41. The van der Waals surface area contributed by atoms with Crippen LogP contribution in [0.4, 0.5) is 0 Å². The first-order valence-corrected chi connectivity index (χ1v) is 13.0. The molecule has 4 aromatic carbocycles. The molecule has 0 aliphatic carbocycles. The van der Waals surface area contributed by atoms with Gasteiger partial charge in [-0.25, -0.2) is 0 Å². The van der Waals surface area contributed by atoms with Crippen molar-refractivity contribution in [3.63, 3.8) is 0 Å². The van der Waals surface area contributed by atoms with E-state index in [0.717, 1.165) is 12.1 Å². The van der Waals surface area contributed by atoms with Gasteiger partial charge in [0.2, 0.25) is 22.4 Å². The molecule has 0 spiro atoms. The van der Waals surface area contributed by atoms with Crippen molar-refractivity contribution < 1.29 is 59.2 Å². The minimum Gasteiger partial charge on any atom is -0.507 e. The lowest BCUT2D eigenvalue weighted by atomic mass is 10.1. The number of benzene rings is 4. The van der Waals surface area contributed by atoms with Gasteiger partial charge in [-0.1, -0.05) is 0 Å². The zero-order valence-electron chi connectivity index (χ0n) is 23.8. The maximum absolute atomic E-state index is 12.3. The fraction of sp³-hybridized carbons (Fsp3) is 0.0625. The monoisotopic (exact) mass is 632 g/mol. The summed E-state index contributed by atoms with van der Waals surface area (Å²) in [7, 11) is 2.77. The summed E-state index contributed by atoms with van der Waals surface area (Å²) in [5, 5.41) is 77.3. The number of ether oxygens (including phenoxy) is 2. The highest BCUT2D eigenvalue weighted by Crippen LogP contribution is 2.39. The molecular weight excluding hydrogens is 608 g/mol. The van der Waals surface area contributed by atoms with Gasteiger partial charge in [0.05, 0.1) is 14.2 Å². The molecule has 236 valence electrons. The Morgan fingerprint density at radius 2 is 0.848 bits per heavy atom. The molecule has 0 amide bonds. The predicted octanol–water partition coefficient (Wildman–Crippen LogP) is 4.58. The normalized spacial score (nSPS) is 10.8. The zero-order valence-corrected chi connectivity index (χ0v) is 23.8. The van der Waals surface area contributed by atoms with Crippen LogP contribution in [0, 0.1) is 0 Å². The predicted molar refractivity (Wildman–Crippen MR) is 162 cm³/mol. The van der Waals surface area contributed by atoms with Crippen molar-refractivity contribution in [2.24, 2.45) is 0 Å². The van der Waals surface area contributed by atoms with Crippen LogP contribution >= 0.6 is 0 Å². The largest absolute Gasteiger partial charge is 0.507 e. The molecule has 0 bridgehead atoms. The average Bonchev–Trinajstić information content (AvgIpc) is 3.03. The van der Waals surface area contributed by atoms with E-state index in [0.29, 0.717) is 0 Å². The van der Waals surface area contributed by atoms with Gasteiger partial charge in [0.25, 0.3) is 0 Å². The molecule has 14 heteroatoms. The number of aromatic hydroxyl groups is 8. The van der Waals surface area contributed by atoms with Crippen LogP contribution in [-0.4, -0.2) is 55.1 Å². The number of hydrogen-bond donors (Lipinski definition) is 8. The van der Waals surface area contributed by atoms with Gasteiger partial charge in [-0.15, -0.1) is 0 Å². The van der Waals surface area contributed by atoms with Crippen LogP contribution in [0.25, 0.3) is 44.6 Å². The number of rotatable bonds is 4. The lowest BCUT2D eigenvalue weighted by Crippen LogP contribution is -2.03. The van der Waals surface area contributed by atoms with Crippen molar-refractivity contribution >= 4 is 21.9 Å². The number of methoxy groups -OCH3 is 2. The molecular formula is C32H24O14. The van der Waals surface area contributed by atoms with Gasteiger partial charge in [0, 0.05) is 35.4 Å². The lowest BCUT2D eigenvalue weighted by Gasteiger charge is -2.09. The Bertz CT molecular complexity index is 2110. The van der Waals surface area contributed by atoms with Crippen molar-refractivity contribution in [1.82, 2.24) is 0 Å². The second-order valence-corrected chi connectivity index (χ2v) is 9.66. The Hall–Kier alpha value is -6.70. The first-order valence-electron chi connectivity index (χ1n) is 13.0. The summed E-state index contributed by atoms with van der Waals surface area (Å²) in [6.45, 7) is 0. The van der Waals surface area contributed by atoms with Crippen molar-refractivity contribution in [3.8, 4) is 80.1 Å². The molecule has 0 atom stereocenters. The SMILES string of the molecule is COc1cc(O)c2c(=O)c(O)c(-c3ccc(O)c(O)c3)oc2c1.COc1cc(O)c2c(=O)c(O)c(-c3ccc(O)c(O)c3)oc2c1. The fourth-order valence-corrected chi connectivity index (χ4v) is 4.49. The molecule has 6 rings (SSSR count). The van der Waals surface area contributed by atoms with Gasteiger partial charge < -0.3 is 59.2 Å². The summed E-state index contributed by atoms with van der Waals surface area (Å²) in [5.74, 6) is -3.65. The Kier molecular flexibility index (Phi) is 7.86. The summed E-state index contributed by atoms with van der Waals surface area (Å²) in [6.07, 6.45) is 0. The maximum Gasteiger partial charge on any atom is 0.238 e. The van der Waals surface area contributed by atoms with Crippen LogP contribution in [-0.2, 0) is 0 Å². The number of phenolic OH excluding ortho intramolecular Hbond substituents is 6. The number of hydrogen-bond acceptors (Lipinski definition) is 14. The van der Waals surface area contributed by atoms with E-state index in [9.17, 15) is 50.4 Å². The molecule has 46 heavy (non-hydrogen) atoms. The van der Waals surface area contributed by atoms with Crippen molar-refractivity contribution in [3.05, 3.63) is 81.1 Å². The van der Waals surface area contributed by atoms with E-state index in [1.54, 1.807) is 0 Å². The standard InChI is InChI=1S/2C16H12O7/c2*1-22-8-5-11(19)13-12(6-8)23-16(15(21)14(13)20)7-2-3-9(17)10(18)4-7/h2*2-6,17-19,21H,1H3. The van der Waals surface area contributed by atoms with Crippen LogP contribution in [0.15, 0.2) is 79.1 Å². The van der Waals surface area contributed by atoms with Crippen LogP contribution in [0.5, 0.6) is 57.5 Å². The third-order valence-corrected chi connectivity index (χ3v) is 6.79. The first kappa shape index (κ1) is 30.7. The Morgan fingerprint density at radius 1 is 0.478 bits per heavy atom. The fourth-order valence-electron chi connectivity index (χ4n) is 4.49. The van der Waals surface area contributed by atoms with E-state index in [4.69, 9.17) is 18.3 Å². The summed E-state index contributed by atoms with van der Waals surface area (Å²) >= 11 is 0. The minimum absolute atomic E-state index is 0.00668. The average molecular weight is 633 g/mol. The topological polar surface area (TPSA) is 241 Å². The second kappa shape index (κ2) is 11.8. The first-order chi connectivity index (χ1) is 21.8. The summed E-state index contributed by atoms with van der Waals surface area (Å²) in [4.78, 5) is 24.5. The van der Waals surface area contributed by atoms with Crippen LogP contribution in [0.3, 0.4) is 0 Å². The Labute approximate surface area is 256 Å². The number of phenols is 6. The van der Waals surface area contributed by atoms with Crippen molar-refractivity contribution in [2.75, 3.05) is 14.2 Å². The molecule has 14 nitrogen and oxygen atoms in total. The molecule has 0 radical (unpaired) electrons. The lowest BCUT2D eigenvalue weighted by molar-refractivity contribution is 0.403. The van der Waals surface area contributed by atoms with Crippen molar-refractivity contribution in [1.29, 1.82) is 0 Å². The van der Waals surface area contributed by atoms with Crippen LogP contribution in [0.2, 0.25) is 0 Å². The van der Waals surface area contributed by atoms with E-state index in [2.05, 4.69) is 0 Å². The van der Waals surface area contributed by atoms with Gasteiger partial charge in [-0.3, -0.25) is 9.59 Å². The van der Waals surface area contributed by atoms with E-state index >= 15 is 0 Å². The van der Waals surface area contributed by atoms with Gasteiger partial charge in [-0.05, 0) is 36.4 Å². The van der Waals surface area contributed by atoms with Gasteiger partial charge in [-0.2, -0.15) is 0 Å². The summed E-state index contributed by atoms with van der Waals surface area (Å²) < 4.78 is 21.0. The molecule has 0 saturated carbocycles. The van der Waals surface area contributed by atoms with Gasteiger partial charge in [0.1, 0.15) is 44.9 Å². The van der Waals surface area contributed by atoms with Crippen molar-refractivity contribution in [2.45, 2.75) is 0 Å². The van der Waals surface area contributed by atoms with E-state index in [-0.39, 0.29) is 79.1 Å². The van der Waals surface area contributed by atoms with Crippen LogP contribution < -0.4 is 20.3 Å². The smallest absolute Gasteiger partial charge is 0.238 e. The highest BCUT2D eigenvalue weighted by molar-refractivity contribution is 5.89. The molecule has 2 aromatic heterocycles.